The molecule has 0 spiro atoms. The van der Waals surface area contributed by atoms with Crippen molar-refractivity contribution in [1.82, 2.24) is 10.0 Å². The van der Waals surface area contributed by atoms with Crippen LogP contribution in [0, 0.1) is 5.92 Å². The Labute approximate surface area is 143 Å². The van der Waals surface area contributed by atoms with Crippen molar-refractivity contribution in [1.29, 1.82) is 0 Å². The summed E-state index contributed by atoms with van der Waals surface area (Å²) >= 11 is 0. The van der Waals surface area contributed by atoms with Gasteiger partial charge in [-0.3, -0.25) is 0 Å². The van der Waals surface area contributed by atoms with Crippen molar-refractivity contribution < 1.29 is 8.42 Å². The number of rotatable bonds is 6. The number of guanidine groups is 1. The summed E-state index contributed by atoms with van der Waals surface area (Å²) in [5.74, 6) is 0.889. The first kappa shape index (κ1) is 20.1. The normalized spacial score (nSPS) is 12.1. The Kier molecular flexibility index (Phi) is 8.83. The Bertz CT molecular complexity index is 556. The molecule has 0 saturated carbocycles. The number of hydrogen-bond acceptors (Lipinski definition) is 3. The van der Waals surface area contributed by atoms with Crippen LogP contribution in [0.3, 0.4) is 0 Å². The highest BCUT2D eigenvalue weighted by molar-refractivity contribution is 14.0. The largest absolute Gasteiger partial charge is 0.370 e. The minimum atomic E-state index is -3.39. The molecule has 0 radical (unpaired) electrons. The van der Waals surface area contributed by atoms with Crippen LogP contribution in [0.5, 0.6) is 0 Å². The van der Waals surface area contributed by atoms with Gasteiger partial charge >= 0.3 is 0 Å². The molecule has 6 nitrogen and oxygen atoms in total. The van der Waals surface area contributed by atoms with Crippen molar-refractivity contribution in [2.24, 2.45) is 16.6 Å². The van der Waals surface area contributed by atoms with Crippen molar-refractivity contribution in [3.05, 3.63) is 29.8 Å². The number of nitrogens with two attached hydrogens (primary N) is 1. The summed E-state index contributed by atoms with van der Waals surface area (Å²) in [4.78, 5) is 4.43. The van der Waals surface area contributed by atoms with Crippen LogP contribution >= 0.6 is 24.0 Å². The van der Waals surface area contributed by atoms with E-state index in [1.165, 1.54) is 7.05 Å². The van der Waals surface area contributed by atoms with E-state index in [1.54, 1.807) is 24.3 Å². The number of nitrogens with one attached hydrogen (secondary N) is 2. The second-order valence-electron chi connectivity index (χ2n) is 4.83. The van der Waals surface area contributed by atoms with Crippen LogP contribution < -0.4 is 15.8 Å². The number of nitrogens with zero attached hydrogens (tertiary/aromatic N) is 1. The average Bonchev–Trinajstić information content (AvgIpc) is 2.43. The smallest absolute Gasteiger partial charge is 0.240 e. The number of sulfonamides is 1. The molecule has 0 aliphatic carbocycles. The van der Waals surface area contributed by atoms with Gasteiger partial charge in [-0.15, -0.1) is 24.0 Å². The van der Waals surface area contributed by atoms with E-state index in [4.69, 9.17) is 5.73 Å². The molecule has 1 rings (SSSR count). The molecule has 1 aromatic rings. The van der Waals surface area contributed by atoms with E-state index in [2.05, 4.69) is 28.9 Å². The van der Waals surface area contributed by atoms with Crippen LogP contribution in [-0.4, -0.2) is 28.0 Å². The molecule has 0 aromatic heterocycles. The average molecular weight is 426 g/mol. The van der Waals surface area contributed by atoms with E-state index in [0.717, 1.165) is 12.1 Å². The highest BCUT2D eigenvalue weighted by atomic mass is 127. The third-order valence-electron chi connectivity index (χ3n) is 2.63. The van der Waals surface area contributed by atoms with E-state index in [9.17, 15) is 8.42 Å². The Morgan fingerprint density at radius 1 is 1.29 bits per heavy atom. The molecule has 0 heterocycles. The molecule has 120 valence electrons. The maximum Gasteiger partial charge on any atom is 0.240 e. The summed E-state index contributed by atoms with van der Waals surface area (Å²) in [6, 6.07) is 6.55. The monoisotopic (exact) mass is 426 g/mol. The molecule has 8 heteroatoms. The van der Waals surface area contributed by atoms with Crippen LogP contribution in [-0.2, 0) is 16.6 Å². The van der Waals surface area contributed by atoms with E-state index in [1.807, 2.05) is 0 Å². The van der Waals surface area contributed by atoms with E-state index in [-0.39, 0.29) is 28.9 Å². The molecule has 0 bridgehead atoms. The zero-order valence-electron chi connectivity index (χ0n) is 12.5. The Hall–Kier alpha value is -0.870. The standard InChI is InChI=1S/C13H22N4O2S.HI/c1-10(2)8-16-13(14)17-9-11-4-6-12(7-5-11)20(18,19)15-3;/h4-7,10,15H,8-9H2,1-3H3,(H3,14,16,17);1H. The van der Waals surface area contributed by atoms with Gasteiger partial charge in [-0.05, 0) is 30.7 Å². The Morgan fingerprint density at radius 2 is 1.86 bits per heavy atom. The maximum absolute atomic E-state index is 11.6. The van der Waals surface area contributed by atoms with Crippen molar-refractivity contribution in [2.45, 2.75) is 25.3 Å². The summed E-state index contributed by atoms with van der Waals surface area (Å²) < 4.78 is 25.4. The Morgan fingerprint density at radius 3 is 2.33 bits per heavy atom. The first-order valence-electron chi connectivity index (χ1n) is 6.41. The minimum absolute atomic E-state index is 0. The van der Waals surface area contributed by atoms with E-state index >= 15 is 0 Å². The summed E-state index contributed by atoms with van der Waals surface area (Å²) in [7, 11) is -2.00. The highest BCUT2D eigenvalue weighted by Gasteiger charge is 2.10. The molecule has 21 heavy (non-hydrogen) atoms. The number of hydrogen-bond donors (Lipinski definition) is 3. The fourth-order valence-electron chi connectivity index (χ4n) is 1.43. The topological polar surface area (TPSA) is 96.6 Å². The second-order valence-corrected chi connectivity index (χ2v) is 6.71. The van der Waals surface area contributed by atoms with Gasteiger partial charge in [-0.25, -0.2) is 18.1 Å². The first-order valence-corrected chi connectivity index (χ1v) is 7.89. The molecule has 4 N–H and O–H groups in total. The maximum atomic E-state index is 11.6. The quantitative estimate of drug-likeness (QED) is 0.363. The van der Waals surface area contributed by atoms with Crippen molar-refractivity contribution >= 4 is 40.0 Å². The molecule has 0 fully saturated rings. The lowest BCUT2D eigenvalue weighted by Gasteiger charge is -2.08. The number of benzene rings is 1. The van der Waals surface area contributed by atoms with Gasteiger partial charge in [-0.2, -0.15) is 0 Å². The highest BCUT2D eigenvalue weighted by Crippen LogP contribution is 2.10. The summed E-state index contributed by atoms with van der Waals surface area (Å²) in [6.45, 7) is 5.36. The molecule has 0 saturated heterocycles. The van der Waals surface area contributed by atoms with Gasteiger partial charge in [-0.1, -0.05) is 26.0 Å². The number of aliphatic imine (C=N–C) groups is 1. The zero-order valence-corrected chi connectivity index (χ0v) is 15.6. The predicted molar refractivity (Wildman–Crippen MR) is 96.3 cm³/mol. The molecule has 0 aliphatic rings. The fraction of sp³-hybridized carbons (Fsp3) is 0.462. The van der Waals surface area contributed by atoms with Gasteiger partial charge < -0.3 is 11.1 Å². The van der Waals surface area contributed by atoms with Gasteiger partial charge in [0.05, 0.1) is 11.4 Å². The molecule has 0 aliphatic heterocycles. The van der Waals surface area contributed by atoms with Crippen molar-refractivity contribution in [3.63, 3.8) is 0 Å². The predicted octanol–water partition coefficient (Wildman–Crippen LogP) is 1.27. The van der Waals surface area contributed by atoms with Crippen LogP contribution in [0.25, 0.3) is 0 Å². The van der Waals surface area contributed by atoms with Gasteiger partial charge in [0.2, 0.25) is 10.0 Å². The molecule has 0 amide bonds. The summed E-state index contributed by atoms with van der Waals surface area (Å²) in [5, 5.41) is 3.02. The SMILES string of the molecule is CNS(=O)(=O)c1ccc(CN=C(N)NCC(C)C)cc1.I. The van der Waals surface area contributed by atoms with Crippen molar-refractivity contribution in [3.8, 4) is 0 Å². The molecular formula is C13H23IN4O2S. The van der Waals surface area contributed by atoms with Crippen LogP contribution in [0.15, 0.2) is 34.2 Å². The summed E-state index contributed by atoms with van der Waals surface area (Å²) in [6.07, 6.45) is 0. The van der Waals surface area contributed by atoms with E-state index in [0.29, 0.717) is 18.4 Å². The van der Waals surface area contributed by atoms with Crippen LogP contribution in [0.2, 0.25) is 0 Å². The fourth-order valence-corrected chi connectivity index (χ4v) is 2.16. The van der Waals surface area contributed by atoms with Crippen molar-refractivity contribution in [2.75, 3.05) is 13.6 Å². The zero-order chi connectivity index (χ0) is 15.2. The molecule has 1 aromatic carbocycles. The molecular weight excluding hydrogens is 403 g/mol. The summed E-state index contributed by atoms with van der Waals surface area (Å²) in [5.41, 5.74) is 6.62. The van der Waals surface area contributed by atoms with Gasteiger partial charge in [0.25, 0.3) is 0 Å². The lowest BCUT2D eigenvalue weighted by molar-refractivity contribution is 0.588. The van der Waals surface area contributed by atoms with E-state index < -0.39 is 10.0 Å². The van der Waals surface area contributed by atoms with Crippen LogP contribution in [0.1, 0.15) is 19.4 Å². The minimum Gasteiger partial charge on any atom is -0.370 e. The van der Waals surface area contributed by atoms with Gasteiger partial charge in [0.15, 0.2) is 5.96 Å². The number of halogens is 1. The van der Waals surface area contributed by atoms with Crippen LogP contribution in [0.4, 0.5) is 0 Å². The first-order chi connectivity index (χ1) is 9.35. The third-order valence-corrected chi connectivity index (χ3v) is 4.06. The molecule has 0 unspecified atom stereocenters. The lowest BCUT2D eigenvalue weighted by atomic mass is 10.2. The lowest BCUT2D eigenvalue weighted by Crippen LogP contribution is -2.34. The van der Waals surface area contributed by atoms with Gasteiger partial charge in [0, 0.05) is 6.54 Å². The Balaban J connectivity index is 0.00000400. The second kappa shape index (κ2) is 9.21. The molecule has 0 atom stereocenters. The third kappa shape index (κ3) is 7.09. The van der Waals surface area contributed by atoms with Gasteiger partial charge in [0.1, 0.15) is 0 Å².